The highest BCUT2D eigenvalue weighted by Crippen LogP contribution is 2.22. The number of rotatable bonds is 2. The van der Waals surface area contributed by atoms with Gasteiger partial charge in [-0.05, 0) is 25.1 Å². The van der Waals surface area contributed by atoms with Gasteiger partial charge < -0.3 is 4.42 Å². The molecule has 0 radical (unpaired) electrons. The Morgan fingerprint density at radius 1 is 1.05 bits per heavy atom. The van der Waals surface area contributed by atoms with E-state index < -0.39 is 0 Å². The number of benzene rings is 2. The monoisotopic (exact) mass is 252 g/mol. The quantitative estimate of drug-likeness (QED) is 0.658. The predicted octanol–water partition coefficient (Wildman–Crippen LogP) is 3.08. The Morgan fingerprint density at radius 3 is 2.58 bits per heavy atom. The third-order valence-electron chi connectivity index (χ3n) is 3.12. The third kappa shape index (κ3) is 1.93. The lowest BCUT2D eigenvalue weighted by atomic mass is 10.0. The van der Waals surface area contributed by atoms with Gasteiger partial charge in [-0.1, -0.05) is 24.3 Å². The van der Waals surface area contributed by atoms with Gasteiger partial charge in [-0.25, -0.2) is 0 Å². The van der Waals surface area contributed by atoms with Crippen LogP contribution >= 0.6 is 0 Å². The SMILES string of the molecule is CC(=O)Cc1cccc2c(=O)c3ccccc3oc12. The molecule has 3 heteroatoms. The molecule has 0 fully saturated rings. The number of hydrogen-bond acceptors (Lipinski definition) is 3. The summed E-state index contributed by atoms with van der Waals surface area (Å²) in [5.74, 6) is 0.0447. The summed E-state index contributed by atoms with van der Waals surface area (Å²) in [4.78, 5) is 23.7. The molecular formula is C16H12O3. The van der Waals surface area contributed by atoms with Gasteiger partial charge in [-0.2, -0.15) is 0 Å². The standard InChI is InChI=1S/C16H12O3/c1-10(17)9-11-5-4-7-13-15(18)12-6-2-3-8-14(12)19-16(11)13/h2-8H,9H2,1H3. The van der Waals surface area contributed by atoms with Gasteiger partial charge in [0.2, 0.25) is 5.43 Å². The molecular weight excluding hydrogens is 240 g/mol. The molecule has 0 saturated heterocycles. The van der Waals surface area contributed by atoms with Crippen molar-refractivity contribution in [1.82, 2.24) is 0 Å². The maximum atomic E-state index is 12.4. The van der Waals surface area contributed by atoms with Gasteiger partial charge in [-0.3, -0.25) is 9.59 Å². The van der Waals surface area contributed by atoms with Crippen molar-refractivity contribution in [3.05, 3.63) is 58.3 Å². The van der Waals surface area contributed by atoms with Gasteiger partial charge in [0.15, 0.2) is 0 Å². The first kappa shape index (κ1) is 11.7. The van der Waals surface area contributed by atoms with E-state index in [2.05, 4.69) is 0 Å². The van der Waals surface area contributed by atoms with Crippen LogP contribution in [0.15, 0.2) is 51.7 Å². The molecule has 1 heterocycles. The van der Waals surface area contributed by atoms with Crippen LogP contribution in [-0.4, -0.2) is 5.78 Å². The van der Waals surface area contributed by atoms with Crippen LogP contribution in [0.1, 0.15) is 12.5 Å². The zero-order valence-electron chi connectivity index (χ0n) is 10.5. The molecule has 0 aliphatic heterocycles. The number of carbonyl (C=O) groups excluding carboxylic acids is 1. The topological polar surface area (TPSA) is 47.3 Å². The lowest BCUT2D eigenvalue weighted by molar-refractivity contribution is -0.116. The highest BCUT2D eigenvalue weighted by atomic mass is 16.3. The van der Waals surface area contributed by atoms with Crippen molar-refractivity contribution in [2.24, 2.45) is 0 Å². The van der Waals surface area contributed by atoms with E-state index in [0.717, 1.165) is 5.56 Å². The molecule has 3 aromatic rings. The summed E-state index contributed by atoms with van der Waals surface area (Å²) < 4.78 is 5.81. The van der Waals surface area contributed by atoms with Gasteiger partial charge in [0, 0.05) is 12.0 Å². The molecule has 0 aliphatic carbocycles. The second kappa shape index (κ2) is 4.35. The van der Waals surface area contributed by atoms with Crippen LogP contribution in [-0.2, 0) is 11.2 Å². The van der Waals surface area contributed by atoms with Gasteiger partial charge in [-0.15, -0.1) is 0 Å². The number of fused-ring (bicyclic) bond motifs is 2. The summed E-state index contributed by atoms with van der Waals surface area (Å²) >= 11 is 0. The molecule has 0 N–H and O–H groups in total. The van der Waals surface area contributed by atoms with Crippen molar-refractivity contribution in [2.45, 2.75) is 13.3 Å². The number of carbonyl (C=O) groups is 1. The first-order valence-electron chi connectivity index (χ1n) is 6.09. The van der Waals surface area contributed by atoms with E-state index in [1.54, 1.807) is 24.3 Å². The van der Waals surface area contributed by atoms with Gasteiger partial charge in [0.05, 0.1) is 10.8 Å². The normalized spacial score (nSPS) is 11.0. The fraction of sp³-hybridized carbons (Fsp3) is 0.125. The van der Waals surface area contributed by atoms with E-state index in [1.807, 2.05) is 18.2 Å². The Kier molecular flexibility index (Phi) is 2.67. The predicted molar refractivity (Wildman–Crippen MR) is 74.4 cm³/mol. The molecule has 0 bridgehead atoms. The molecule has 0 amide bonds. The molecule has 3 nitrogen and oxygen atoms in total. The molecule has 3 rings (SSSR count). The minimum Gasteiger partial charge on any atom is -0.456 e. The van der Waals surface area contributed by atoms with E-state index in [1.165, 1.54) is 6.92 Å². The summed E-state index contributed by atoms with van der Waals surface area (Å²) in [6, 6.07) is 12.5. The van der Waals surface area contributed by atoms with Crippen LogP contribution in [0, 0.1) is 0 Å². The summed E-state index contributed by atoms with van der Waals surface area (Å²) in [5, 5.41) is 1.09. The van der Waals surface area contributed by atoms with Crippen molar-refractivity contribution >= 4 is 27.7 Å². The Hall–Kier alpha value is -2.42. The van der Waals surface area contributed by atoms with Gasteiger partial charge >= 0.3 is 0 Å². The largest absolute Gasteiger partial charge is 0.456 e. The molecule has 0 aliphatic rings. The molecule has 19 heavy (non-hydrogen) atoms. The molecule has 0 saturated carbocycles. The maximum absolute atomic E-state index is 12.4. The molecule has 1 aromatic heterocycles. The lowest BCUT2D eigenvalue weighted by Gasteiger charge is -2.05. The zero-order chi connectivity index (χ0) is 13.4. The van der Waals surface area contributed by atoms with Gasteiger partial charge in [0.1, 0.15) is 16.9 Å². The average molecular weight is 252 g/mol. The van der Waals surface area contributed by atoms with Crippen molar-refractivity contribution in [1.29, 1.82) is 0 Å². The highest BCUT2D eigenvalue weighted by Gasteiger charge is 2.11. The minimum absolute atomic E-state index is 0.0447. The van der Waals surface area contributed by atoms with Crippen LogP contribution < -0.4 is 5.43 Å². The van der Waals surface area contributed by atoms with E-state index in [0.29, 0.717) is 21.9 Å². The van der Waals surface area contributed by atoms with Crippen molar-refractivity contribution < 1.29 is 9.21 Å². The van der Waals surface area contributed by atoms with E-state index >= 15 is 0 Å². The van der Waals surface area contributed by atoms with Crippen LogP contribution in [0.3, 0.4) is 0 Å². The summed E-state index contributed by atoms with van der Waals surface area (Å²) in [5.41, 5.74) is 1.77. The Bertz CT molecular complexity index is 843. The average Bonchev–Trinajstić information content (AvgIpc) is 2.40. The molecule has 94 valence electrons. The number of para-hydroxylation sites is 2. The second-order valence-corrected chi connectivity index (χ2v) is 4.60. The van der Waals surface area contributed by atoms with Crippen LogP contribution in [0.25, 0.3) is 21.9 Å². The Morgan fingerprint density at radius 2 is 1.79 bits per heavy atom. The summed E-state index contributed by atoms with van der Waals surface area (Å²) in [7, 11) is 0. The van der Waals surface area contributed by atoms with Crippen LogP contribution in [0.4, 0.5) is 0 Å². The minimum atomic E-state index is -0.0535. The highest BCUT2D eigenvalue weighted by molar-refractivity contribution is 5.92. The third-order valence-corrected chi connectivity index (χ3v) is 3.12. The van der Waals surface area contributed by atoms with Crippen molar-refractivity contribution in [3.8, 4) is 0 Å². The molecule has 0 spiro atoms. The summed E-state index contributed by atoms with van der Waals surface area (Å²) in [6.45, 7) is 1.53. The fourth-order valence-electron chi connectivity index (χ4n) is 2.29. The lowest BCUT2D eigenvalue weighted by Crippen LogP contribution is -2.04. The summed E-state index contributed by atoms with van der Waals surface area (Å²) in [6.07, 6.45) is 0.276. The smallest absolute Gasteiger partial charge is 0.200 e. The molecule has 0 atom stereocenters. The van der Waals surface area contributed by atoms with Crippen LogP contribution in [0.5, 0.6) is 0 Å². The number of ketones is 1. The van der Waals surface area contributed by atoms with E-state index in [-0.39, 0.29) is 17.6 Å². The maximum Gasteiger partial charge on any atom is 0.200 e. The van der Waals surface area contributed by atoms with Crippen LogP contribution in [0.2, 0.25) is 0 Å². The van der Waals surface area contributed by atoms with E-state index in [4.69, 9.17) is 4.42 Å². The second-order valence-electron chi connectivity index (χ2n) is 4.60. The molecule has 2 aromatic carbocycles. The van der Waals surface area contributed by atoms with Crippen molar-refractivity contribution in [3.63, 3.8) is 0 Å². The fourth-order valence-corrected chi connectivity index (χ4v) is 2.29. The zero-order valence-corrected chi connectivity index (χ0v) is 10.5. The first-order valence-corrected chi connectivity index (χ1v) is 6.09. The van der Waals surface area contributed by atoms with Crippen molar-refractivity contribution in [2.75, 3.05) is 0 Å². The molecule has 0 unspecified atom stereocenters. The first-order chi connectivity index (χ1) is 9.16. The Balaban J connectivity index is 2.44. The number of hydrogen-bond donors (Lipinski definition) is 0. The number of Topliss-reactive ketones (excluding diaryl/α,β-unsaturated/α-hetero) is 1. The van der Waals surface area contributed by atoms with Gasteiger partial charge in [0.25, 0.3) is 0 Å². The Labute approximate surface area is 109 Å². The van der Waals surface area contributed by atoms with E-state index in [9.17, 15) is 9.59 Å².